The number of halogens is 4. The van der Waals surface area contributed by atoms with E-state index in [4.69, 9.17) is 42.6 Å². The second-order valence-corrected chi connectivity index (χ2v) is 38.3. The zero-order chi connectivity index (χ0) is 95.3. The Morgan fingerprint density at radius 2 is 1.05 bits per heavy atom. The maximum atomic E-state index is 13.9. The van der Waals surface area contributed by atoms with Crippen LogP contribution >= 0.6 is 0 Å². The summed E-state index contributed by atoms with van der Waals surface area (Å²) in [6, 6.07) is 59.9. The summed E-state index contributed by atoms with van der Waals surface area (Å²) in [7, 11) is 3.14. The number of aliphatic hydroxyl groups is 1. The van der Waals surface area contributed by atoms with Crippen LogP contribution < -0.4 is 42.6 Å². The molecule has 9 aliphatic rings. The first kappa shape index (κ1) is 92.4. The highest BCUT2D eigenvalue weighted by molar-refractivity contribution is 7.91. The quantitative estimate of drug-likeness (QED) is 0.0990. The van der Waals surface area contributed by atoms with E-state index in [9.17, 15) is 55.5 Å². The number of likely N-dealkylation sites (tertiary alicyclic amines) is 4. The lowest BCUT2D eigenvalue weighted by atomic mass is 9.81. The molecule has 12 aromatic rings. The lowest BCUT2D eigenvalue weighted by Gasteiger charge is -2.45. The summed E-state index contributed by atoms with van der Waals surface area (Å²) < 4.78 is 141. The molecule has 21 rings (SSSR count). The number of sulfone groups is 1. The molecule has 13 heterocycles. The van der Waals surface area contributed by atoms with Gasteiger partial charge in [-0.2, -0.15) is 23.5 Å². The first-order valence-corrected chi connectivity index (χ1v) is 47.4. The standard InChI is InChI=1S/C28H30N2O5.C27H27N3O4S.C26H28FN3O4.C23H20F3N3O3.3H2/c1-33-25-18-19(11-12-24(25)34-23-9-4-7-21(23)31)27(32)29-16-13-28(14-17-29)26-10-5-15-30(26)20-6-2-3-8-22(20)35-28;1-19(2)18-35(32,33)22-10-7-20(8-11-22)26(31)29-15-13-27(14-16-29)25-12-9-21(17-28)30(25)23-5-3-4-6-24(23)34-27;1-16(2)33-22-7-5-17(13-23(22)32-4)25(31)30-11-9-26(10-12-30)20-15-29(3)28-24(20)19-14-18(27)6-8-21(19)34-26;1-31-15-6-7-16(27-14-15)21(30)28-12-10-22(11-13-28)19-8-9-20(23(24,25)26)29(19)17-4-2-3-5-18(17)32-22;;;/h2-3,5-6,8,10-12,15,18,21,23,31H,4,7,9,13-14,16-17H2,1H3;3-12,19H,13-16,18H2,1-2H3;5-8,13-16H,9-12H2,1-4H3;2-9,14H,10-13H2,1H3;3*1H/t21-,23-;;;;;;/m1....../s1. The van der Waals surface area contributed by atoms with Crippen LogP contribution in [-0.2, 0) is 45.5 Å². The van der Waals surface area contributed by atoms with Crippen molar-refractivity contribution < 1.29 is 97.2 Å². The molecule has 0 radical (unpaired) electrons. The van der Waals surface area contributed by atoms with Gasteiger partial charge in [0.1, 0.15) is 75.1 Å². The molecule has 4 spiro atoms. The van der Waals surface area contributed by atoms with Crippen molar-refractivity contribution in [2.45, 2.75) is 150 Å². The number of ether oxygens (including phenoxy) is 9. The zero-order valence-corrected chi connectivity index (χ0v) is 77.5. The number of aliphatic hydroxyl groups excluding tert-OH is 1. The molecule has 32 heteroatoms. The molecule has 2 atom stereocenters. The van der Waals surface area contributed by atoms with Crippen molar-refractivity contribution >= 4 is 33.5 Å². The first-order chi connectivity index (χ1) is 65.4. The van der Waals surface area contributed by atoms with Gasteiger partial charge in [-0.1, -0.05) is 50.2 Å². The van der Waals surface area contributed by atoms with E-state index >= 15 is 0 Å². The van der Waals surface area contributed by atoms with E-state index in [-0.39, 0.29) is 62.5 Å². The molecular weight excluding hydrogens is 1770 g/mol. The van der Waals surface area contributed by atoms with E-state index in [0.29, 0.717) is 176 Å². The molecule has 4 amide bonds. The highest BCUT2D eigenvalue weighted by atomic mass is 32.2. The van der Waals surface area contributed by atoms with Crippen molar-refractivity contribution in [3.8, 4) is 86.1 Å². The molecule has 5 fully saturated rings. The van der Waals surface area contributed by atoms with Crippen molar-refractivity contribution in [2.75, 3.05) is 79.4 Å². The van der Waals surface area contributed by atoms with Crippen LogP contribution in [0, 0.1) is 23.1 Å². The molecule has 5 aromatic heterocycles. The summed E-state index contributed by atoms with van der Waals surface area (Å²) in [4.78, 5) is 64.3. The number of fused-ring (bicyclic) bond motifs is 16. The fourth-order valence-corrected chi connectivity index (χ4v) is 21.7. The Labute approximate surface area is 789 Å². The van der Waals surface area contributed by atoms with Crippen LogP contribution in [0.25, 0.3) is 28.3 Å². The number of carbonyl (C=O) groups excluding carboxylic acids is 4. The molecule has 1 aliphatic carbocycles. The lowest BCUT2D eigenvalue weighted by Crippen LogP contribution is -2.50. The number of methoxy groups -OCH3 is 3. The van der Waals surface area contributed by atoms with Gasteiger partial charge < -0.3 is 76.5 Å². The van der Waals surface area contributed by atoms with Gasteiger partial charge in [0.2, 0.25) is 0 Å². The lowest BCUT2D eigenvalue weighted by molar-refractivity contribution is -0.143. The van der Waals surface area contributed by atoms with E-state index in [1.165, 1.54) is 48.2 Å². The zero-order valence-electron chi connectivity index (χ0n) is 76.6. The maximum absolute atomic E-state index is 13.9. The van der Waals surface area contributed by atoms with Crippen LogP contribution in [0.4, 0.5) is 17.6 Å². The van der Waals surface area contributed by atoms with Gasteiger partial charge in [-0.3, -0.25) is 28.4 Å². The number of para-hydroxylation sites is 6. The number of rotatable bonds is 14. The molecule has 27 nitrogen and oxygen atoms in total. The van der Waals surface area contributed by atoms with Crippen LogP contribution in [0.1, 0.15) is 178 Å². The van der Waals surface area contributed by atoms with Crippen LogP contribution in [-0.4, -0.2) is 183 Å². The number of pyridine rings is 1. The predicted octanol–water partition coefficient (Wildman–Crippen LogP) is 18.3. The SMILES string of the molecule is CC(C)CS(=O)(=O)c1ccc(C(=O)N2CCC3(CC2)Oc2ccccc2-n2c(C#N)ccc23)cc1.COc1cc(C(=O)N2CCC3(CC2)Oc2ccc(F)cc2-c2nn(C)cc23)ccc1OC(C)C.COc1cc(C(=O)N2CCC3(CC2)Oc2ccccc2-n2cccc23)ccc1O[C@@H]1CCC[C@H]1O.COc1ccc(C(=O)N2CCC3(CC2)Oc2ccccc2-n2c(C(F)(F)F)ccc23)nc1.[HH].[HH].[HH]. The van der Waals surface area contributed by atoms with Gasteiger partial charge in [-0.25, -0.2) is 17.8 Å². The predicted molar refractivity (Wildman–Crippen MR) is 502 cm³/mol. The molecular formula is C104H111F4N11O16S. The van der Waals surface area contributed by atoms with E-state index in [1.807, 2.05) is 110 Å². The second-order valence-electron chi connectivity index (χ2n) is 36.2. The van der Waals surface area contributed by atoms with E-state index in [0.717, 1.165) is 83.7 Å². The maximum Gasteiger partial charge on any atom is 0.431 e. The molecule has 136 heavy (non-hydrogen) atoms. The van der Waals surface area contributed by atoms with Crippen LogP contribution in [0.2, 0.25) is 0 Å². The minimum Gasteiger partial charge on any atom is -0.495 e. The molecule has 0 unspecified atom stereocenters. The number of nitrogens with zero attached hydrogens (tertiary/aromatic N) is 11. The van der Waals surface area contributed by atoms with Crippen molar-refractivity contribution in [1.82, 2.24) is 48.1 Å². The Morgan fingerprint density at radius 1 is 0.544 bits per heavy atom. The van der Waals surface area contributed by atoms with Gasteiger partial charge in [0, 0.05) is 155 Å². The summed E-state index contributed by atoms with van der Waals surface area (Å²) >= 11 is 0. The Balaban J connectivity index is 0.000000139. The van der Waals surface area contributed by atoms with Gasteiger partial charge >= 0.3 is 6.18 Å². The monoisotopic (exact) mass is 1880 g/mol. The number of aryl methyl sites for hydroxylation is 1. The fraction of sp³-hybridized carbons (Fsp3) is 0.356. The molecule has 1 N–H and O–H groups in total. The average Bonchev–Trinajstić information content (AvgIpc) is 1.58. The number of alkyl halides is 3. The smallest absolute Gasteiger partial charge is 0.431 e. The molecule has 8 aliphatic heterocycles. The molecule has 0 bridgehead atoms. The number of amides is 4. The van der Waals surface area contributed by atoms with Crippen molar-refractivity contribution in [3.63, 3.8) is 0 Å². The molecule has 1 saturated carbocycles. The fourth-order valence-electron chi connectivity index (χ4n) is 20.1. The van der Waals surface area contributed by atoms with Crippen molar-refractivity contribution in [2.24, 2.45) is 13.0 Å². The topological polar surface area (TPSA) is 288 Å². The van der Waals surface area contributed by atoms with E-state index in [1.54, 1.807) is 120 Å². The Bertz CT molecular complexity index is 6690. The van der Waals surface area contributed by atoms with Crippen LogP contribution in [0.5, 0.6) is 51.7 Å². The minimum atomic E-state index is -4.50. The Kier molecular flexibility index (Phi) is 25.3. The molecule has 712 valence electrons. The van der Waals surface area contributed by atoms with Crippen LogP contribution in [0.3, 0.4) is 0 Å². The number of aromatic nitrogens is 6. The van der Waals surface area contributed by atoms with Gasteiger partial charge in [-0.05, 0) is 203 Å². The van der Waals surface area contributed by atoms with Gasteiger partial charge in [0.25, 0.3) is 23.6 Å². The third-order valence-electron chi connectivity index (χ3n) is 26.9. The largest absolute Gasteiger partial charge is 0.495 e. The third-order valence-corrected chi connectivity index (χ3v) is 29.0. The summed E-state index contributed by atoms with van der Waals surface area (Å²) in [5.74, 6) is 4.72. The highest BCUT2D eigenvalue weighted by Gasteiger charge is 2.52. The van der Waals surface area contributed by atoms with E-state index < -0.39 is 50.2 Å². The van der Waals surface area contributed by atoms with Gasteiger partial charge in [-0.15, -0.1) is 0 Å². The number of hydrogen-bond donors (Lipinski definition) is 1. The van der Waals surface area contributed by atoms with Crippen LogP contribution in [0.15, 0.2) is 224 Å². The van der Waals surface area contributed by atoms with Crippen molar-refractivity contribution in [1.29, 1.82) is 5.26 Å². The summed E-state index contributed by atoms with van der Waals surface area (Å²) in [6.07, 6.45) is 7.38. The second kappa shape index (κ2) is 37.3. The Hall–Kier alpha value is -14.1. The minimum absolute atomic E-state index is 0. The molecule has 7 aromatic carbocycles. The summed E-state index contributed by atoms with van der Waals surface area (Å²) in [6.45, 7) is 11.5. The number of piperidine rings is 4. The normalized spacial score (nSPS) is 17.9. The van der Waals surface area contributed by atoms with E-state index in [2.05, 4.69) is 45.1 Å². The van der Waals surface area contributed by atoms with Gasteiger partial charge in [0.05, 0.1) is 84.5 Å². The highest BCUT2D eigenvalue weighted by Crippen LogP contribution is 2.54. The number of carbonyl (C=O) groups is 4. The third kappa shape index (κ3) is 17.8. The summed E-state index contributed by atoms with van der Waals surface area (Å²) in [5, 5.41) is 24.3. The van der Waals surface area contributed by atoms with Crippen molar-refractivity contribution in [3.05, 3.63) is 281 Å². The average molecular weight is 1880 g/mol. The Morgan fingerprint density at radius 3 is 1.59 bits per heavy atom. The number of nitriles is 1. The first-order valence-electron chi connectivity index (χ1n) is 45.8. The van der Waals surface area contributed by atoms with Gasteiger partial charge in [0.15, 0.2) is 49.6 Å². The molecule has 4 saturated heterocycles. The number of benzene rings is 7. The number of hydrogen-bond acceptors (Lipinski definition) is 19. The summed E-state index contributed by atoms with van der Waals surface area (Å²) in [5.41, 5.74) is 6.24.